The molecule has 0 saturated carbocycles. The van der Waals surface area contributed by atoms with Crippen molar-refractivity contribution in [2.45, 2.75) is 25.2 Å². The van der Waals surface area contributed by atoms with Crippen LogP contribution in [0.25, 0.3) is 0 Å². The summed E-state index contributed by atoms with van der Waals surface area (Å²) in [5.41, 5.74) is 0.934. The van der Waals surface area contributed by atoms with E-state index in [4.69, 9.17) is 4.74 Å². The SMILES string of the molecule is COc1cccc(C(O)CN2CCSC(C(C)C)C2)c1. The number of nitrogens with zero attached hydrogens (tertiary/aromatic N) is 1. The second kappa shape index (κ2) is 7.34. The molecule has 1 saturated heterocycles. The van der Waals surface area contributed by atoms with Crippen molar-refractivity contribution in [3.05, 3.63) is 29.8 Å². The third kappa shape index (κ3) is 4.14. The Labute approximate surface area is 126 Å². The molecule has 0 bridgehead atoms. The first kappa shape index (κ1) is 15.7. The van der Waals surface area contributed by atoms with Gasteiger partial charge in [-0.25, -0.2) is 0 Å². The van der Waals surface area contributed by atoms with Crippen molar-refractivity contribution in [2.24, 2.45) is 5.92 Å². The highest BCUT2D eigenvalue weighted by atomic mass is 32.2. The maximum atomic E-state index is 10.4. The predicted octanol–water partition coefficient (Wildman–Crippen LogP) is 2.80. The lowest BCUT2D eigenvalue weighted by Crippen LogP contribution is -2.41. The van der Waals surface area contributed by atoms with Gasteiger partial charge in [-0.2, -0.15) is 11.8 Å². The van der Waals surface area contributed by atoms with Gasteiger partial charge >= 0.3 is 0 Å². The van der Waals surface area contributed by atoms with Crippen molar-refractivity contribution in [3.63, 3.8) is 0 Å². The predicted molar refractivity (Wildman–Crippen MR) is 85.5 cm³/mol. The highest BCUT2D eigenvalue weighted by molar-refractivity contribution is 8.00. The molecule has 1 heterocycles. The Bertz CT molecular complexity index is 425. The normalized spacial score (nSPS) is 21.9. The summed E-state index contributed by atoms with van der Waals surface area (Å²) < 4.78 is 5.22. The molecule has 1 aliphatic heterocycles. The van der Waals surface area contributed by atoms with Crippen molar-refractivity contribution in [2.75, 3.05) is 32.5 Å². The van der Waals surface area contributed by atoms with Crippen LogP contribution in [0.4, 0.5) is 0 Å². The second-order valence-electron chi connectivity index (χ2n) is 5.71. The fourth-order valence-corrected chi connectivity index (χ4v) is 3.87. The summed E-state index contributed by atoms with van der Waals surface area (Å²) in [6, 6.07) is 7.72. The van der Waals surface area contributed by atoms with Gasteiger partial charge in [-0.1, -0.05) is 26.0 Å². The van der Waals surface area contributed by atoms with E-state index in [1.807, 2.05) is 24.3 Å². The van der Waals surface area contributed by atoms with Crippen LogP contribution in [0, 0.1) is 5.92 Å². The molecule has 112 valence electrons. The maximum absolute atomic E-state index is 10.4. The van der Waals surface area contributed by atoms with Crippen LogP contribution in [0.5, 0.6) is 5.75 Å². The fourth-order valence-electron chi connectivity index (χ4n) is 2.50. The number of β-amino-alcohol motifs (C(OH)–C–C–N with tert-alkyl or cyclic N) is 1. The van der Waals surface area contributed by atoms with Crippen molar-refractivity contribution in [1.82, 2.24) is 4.90 Å². The smallest absolute Gasteiger partial charge is 0.119 e. The molecule has 0 aromatic heterocycles. The quantitative estimate of drug-likeness (QED) is 0.905. The Balaban J connectivity index is 1.94. The van der Waals surface area contributed by atoms with E-state index < -0.39 is 6.10 Å². The number of ether oxygens (including phenoxy) is 1. The van der Waals surface area contributed by atoms with Crippen molar-refractivity contribution >= 4 is 11.8 Å². The summed E-state index contributed by atoms with van der Waals surface area (Å²) in [4.78, 5) is 2.38. The van der Waals surface area contributed by atoms with Gasteiger partial charge in [-0.3, -0.25) is 4.90 Å². The van der Waals surface area contributed by atoms with Crippen LogP contribution in [0.3, 0.4) is 0 Å². The number of hydrogen-bond acceptors (Lipinski definition) is 4. The highest BCUT2D eigenvalue weighted by Crippen LogP contribution is 2.27. The molecule has 1 aromatic carbocycles. The molecule has 0 spiro atoms. The monoisotopic (exact) mass is 295 g/mol. The molecule has 1 aromatic rings. The van der Waals surface area contributed by atoms with Crippen molar-refractivity contribution in [1.29, 1.82) is 0 Å². The molecule has 1 fully saturated rings. The van der Waals surface area contributed by atoms with E-state index in [1.54, 1.807) is 7.11 Å². The first-order chi connectivity index (χ1) is 9.60. The van der Waals surface area contributed by atoms with Gasteiger partial charge in [-0.05, 0) is 23.6 Å². The zero-order valence-corrected chi connectivity index (χ0v) is 13.4. The Morgan fingerprint density at radius 3 is 2.95 bits per heavy atom. The van der Waals surface area contributed by atoms with Crippen LogP contribution in [0.15, 0.2) is 24.3 Å². The van der Waals surface area contributed by atoms with Gasteiger partial charge in [0.15, 0.2) is 0 Å². The summed E-state index contributed by atoms with van der Waals surface area (Å²) in [5.74, 6) is 2.65. The Hall–Kier alpha value is -0.710. The zero-order valence-electron chi connectivity index (χ0n) is 12.6. The van der Waals surface area contributed by atoms with Crippen molar-refractivity contribution in [3.8, 4) is 5.75 Å². The summed E-state index contributed by atoms with van der Waals surface area (Å²) in [6.07, 6.45) is -0.444. The summed E-state index contributed by atoms with van der Waals surface area (Å²) in [5, 5.41) is 11.1. The van der Waals surface area contributed by atoms with E-state index in [2.05, 4.69) is 30.5 Å². The minimum atomic E-state index is -0.444. The molecular formula is C16H25NO2S. The number of thioether (sulfide) groups is 1. The highest BCUT2D eigenvalue weighted by Gasteiger charge is 2.24. The second-order valence-corrected chi connectivity index (χ2v) is 7.05. The van der Waals surface area contributed by atoms with Crippen LogP contribution in [-0.4, -0.2) is 47.8 Å². The third-order valence-electron chi connectivity index (χ3n) is 3.83. The van der Waals surface area contributed by atoms with E-state index >= 15 is 0 Å². The number of aliphatic hydroxyl groups is 1. The van der Waals surface area contributed by atoms with Gasteiger partial charge in [0.1, 0.15) is 5.75 Å². The molecule has 2 unspecified atom stereocenters. The molecule has 20 heavy (non-hydrogen) atoms. The van der Waals surface area contributed by atoms with Crippen LogP contribution < -0.4 is 4.74 Å². The topological polar surface area (TPSA) is 32.7 Å². The Morgan fingerprint density at radius 1 is 1.45 bits per heavy atom. The third-order valence-corrected chi connectivity index (χ3v) is 5.37. The van der Waals surface area contributed by atoms with Gasteiger partial charge < -0.3 is 9.84 Å². The zero-order chi connectivity index (χ0) is 14.5. The summed E-state index contributed by atoms with van der Waals surface area (Å²) in [6.45, 7) is 7.40. The molecule has 1 N–H and O–H groups in total. The Kier molecular flexibility index (Phi) is 5.75. The first-order valence-corrected chi connectivity index (χ1v) is 8.31. The van der Waals surface area contributed by atoms with Gasteiger partial charge in [0, 0.05) is 30.6 Å². The minimum absolute atomic E-state index is 0.444. The lowest BCUT2D eigenvalue weighted by Gasteiger charge is -2.35. The first-order valence-electron chi connectivity index (χ1n) is 7.26. The standard InChI is InChI=1S/C16H25NO2S/c1-12(2)16-11-17(7-8-20-16)10-15(18)13-5-4-6-14(9-13)19-3/h4-6,9,12,15-16,18H,7-8,10-11H2,1-3H3. The average molecular weight is 295 g/mol. The van der Waals surface area contributed by atoms with Crippen LogP contribution in [0.2, 0.25) is 0 Å². The van der Waals surface area contributed by atoms with E-state index in [0.29, 0.717) is 17.7 Å². The van der Waals surface area contributed by atoms with Crippen molar-refractivity contribution < 1.29 is 9.84 Å². The molecule has 0 radical (unpaired) electrons. The van der Waals surface area contributed by atoms with E-state index in [-0.39, 0.29) is 0 Å². The summed E-state index contributed by atoms with van der Waals surface area (Å²) >= 11 is 2.06. The van der Waals surface area contributed by atoms with Crippen LogP contribution in [0.1, 0.15) is 25.5 Å². The molecule has 3 nitrogen and oxygen atoms in total. The maximum Gasteiger partial charge on any atom is 0.119 e. The van der Waals surface area contributed by atoms with Gasteiger partial charge in [0.2, 0.25) is 0 Å². The van der Waals surface area contributed by atoms with E-state index in [0.717, 1.165) is 30.2 Å². The largest absolute Gasteiger partial charge is 0.497 e. The number of hydrogen-bond donors (Lipinski definition) is 1. The van der Waals surface area contributed by atoms with Gasteiger partial charge in [0.25, 0.3) is 0 Å². The average Bonchev–Trinajstić information content (AvgIpc) is 2.47. The fraction of sp³-hybridized carbons (Fsp3) is 0.625. The Morgan fingerprint density at radius 2 is 2.25 bits per heavy atom. The van der Waals surface area contributed by atoms with Crippen LogP contribution >= 0.6 is 11.8 Å². The molecular weight excluding hydrogens is 270 g/mol. The molecule has 0 aliphatic carbocycles. The van der Waals surface area contributed by atoms with E-state index in [1.165, 1.54) is 0 Å². The molecule has 2 atom stereocenters. The lowest BCUT2D eigenvalue weighted by molar-refractivity contribution is 0.112. The van der Waals surface area contributed by atoms with Crippen LogP contribution in [-0.2, 0) is 0 Å². The summed E-state index contributed by atoms with van der Waals surface area (Å²) in [7, 11) is 1.65. The molecule has 0 amide bonds. The van der Waals surface area contributed by atoms with Gasteiger partial charge in [0.05, 0.1) is 13.2 Å². The number of rotatable bonds is 5. The number of methoxy groups -OCH3 is 1. The number of aliphatic hydroxyl groups excluding tert-OH is 1. The molecule has 2 rings (SSSR count). The van der Waals surface area contributed by atoms with E-state index in [9.17, 15) is 5.11 Å². The van der Waals surface area contributed by atoms with Gasteiger partial charge in [-0.15, -0.1) is 0 Å². The minimum Gasteiger partial charge on any atom is -0.497 e. The number of benzene rings is 1. The molecule has 4 heteroatoms. The lowest BCUT2D eigenvalue weighted by atomic mass is 10.1. The molecule has 1 aliphatic rings.